The molecule has 0 aliphatic rings. The van der Waals surface area contributed by atoms with Gasteiger partial charge in [0.15, 0.2) is 0 Å². The molecule has 2 atom stereocenters. The summed E-state index contributed by atoms with van der Waals surface area (Å²) in [5.74, 6) is -0.395. The first-order chi connectivity index (χ1) is 10.8. The highest BCUT2D eigenvalue weighted by Crippen LogP contribution is 2.34. The summed E-state index contributed by atoms with van der Waals surface area (Å²) < 4.78 is 16.8. The molecule has 1 aromatic carbocycles. The monoisotopic (exact) mass is 343 g/mol. The number of likely N-dealkylation sites (N-methyl/N-ethyl adjacent to an activating group) is 1. The maximum atomic E-state index is 11.9. The fourth-order valence-electron chi connectivity index (χ4n) is 1.68. The number of hydrogen-bond donors (Lipinski definition) is 4. The summed E-state index contributed by atoms with van der Waals surface area (Å²) in [7, 11) is -3.90. The van der Waals surface area contributed by atoms with Crippen LogP contribution in [0.3, 0.4) is 0 Å². The van der Waals surface area contributed by atoms with Crippen LogP contribution in [0.25, 0.3) is 0 Å². The van der Waals surface area contributed by atoms with Gasteiger partial charge < -0.3 is 20.3 Å². The van der Waals surface area contributed by atoms with Crippen LogP contribution in [0, 0.1) is 0 Å². The van der Waals surface area contributed by atoms with Crippen molar-refractivity contribution in [1.29, 1.82) is 0 Å². The van der Waals surface area contributed by atoms with Crippen molar-refractivity contribution in [2.24, 2.45) is 0 Å². The molecule has 0 aliphatic heterocycles. The van der Waals surface area contributed by atoms with Gasteiger partial charge in [0.05, 0.1) is 6.04 Å². The molecule has 23 heavy (non-hydrogen) atoms. The summed E-state index contributed by atoms with van der Waals surface area (Å²) in [6.45, 7) is 3.69. The molecule has 0 aliphatic carbocycles. The van der Waals surface area contributed by atoms with Gasteiger partial charge in [0, 0.05) is 6.54 Å². The zero-order valence-corrected chi connectivity index (χ0v) is 14.0. The molecule has 0 bridgehead atoms. The molecule has 4 N–H and O–H groups in total. The van der Waals surface area contributed by atoms with Crippen LogP contribution in [0.5, 0.6) is 0 Å². The molecule has 0 spiro atoms. The number of amides is 2. The Kier molecular flexibility index (Phi) is 7.74. The molecule has 128 valence electrons. The Balaban J connectivity index is 2.35. The predicted molar refractivity (Wildman–Crippen MR) is 85.7 cm³/mol. The molecule has 0 saturated carbocycles. The van der Waals surface area contributed by atoms with Gasteiger partial charge in [-0.05, 0) is 19.4 Å². The third-order valence-electron chi connectivity index (χ3n) is 2.79. The van der Waals surface area contributed by atoms with Gasteiger partial charge in [0.1, 0.15) is 12.9 Å². The van der Waals surface area contributed by atoms with Crippen LogP contribution >= 0.6 is 7.52 Å². The second-order valence-corrected chi connectivity index (χ2v) is 6.82. The van der Waals surface area contributed by atoms with Gasteiger partial charge in [-0.3, -0.25) is 9.36 Å². The van der Waals surface area contributed by atoms with Gasteiger partial charge in [0.25, 0.3) is 7.52 Å². The molecule has 8 nitrogen and oxygen atoms in total. The Morgan fingerprint density at radius 2 is 1.91 bits per heavy atom. The number of benzene rings is 1. The van der Waals surface area contributed by atoms with E-state index in [4.69, 9.17) is 4.74 Å². The van der Waals surface area contributed by atoms with Crippen molar-refractivity contribution in [3.05, 3.63) is 35.9 Å². The molecular weight excluding hydrogens is 321 g/mol. The van der Waals surface area contributed by atoms with E-state index in [0.717, 1.165) is 5.56 Å². The molecule has 1 aromatic rings. The fourth-order valence-corrected chi connectivity index (χ4v) is 2.84. The predicted octanol–water partition coefficient (Wildman–Crippen LogP) is 1.17. The van der Waals surface area contributed by atoms with E-state index in [1.807, 2.05) is 18.2 Å². The first kappa shape index (κ1) is 19.2. The van der Waals surface area contributed by atoms with Gasteiger partial charge in [0.2, 0.25) is 5.91 Å². The topological polar surface area (TPSA) is 117 Å². The lowest BCUT2D eigenvalue weighted by atomic mass is 10.2. The summed E-state index contributed by atoms with van der Waals surface area (Å²) in [6.07, 6.45) is -1.35. The van der Waals surface area contributed by atoms with Crippen LogP contribution in [-0.4, -0.2) is 35.8 Å². The molecule has 0 heterocycles. The van der Waals surface area contributed by atoms with Crippen molar-refractivity contribution >= 4 is 19.5 Å². The smallest absolute Gasteiger partial charge is 0.407 e. The minimum atomic E-state index is -3.90. The van der Waals surface area contributed by atoms with Crippen molar-refractivity contribution in [3.8, 4) is 0 Å². The average Bonchev–Trinajstić information content (AvgIpc) is 2.52. The van der Waals surface area contributed by atoms with Crippen LogP contribution in [0.2, 0.25) is 0 Å². The Labute approximate surface area is 135 Å². The third-order valence-corrected chi connectivity index (χ3v) is 4.17. The van der Waals surface area contributed by atoms with Gasteiger partial charge >= 0.3 is 6.09 Å². The summed E-state index contributed by atoms with van der Waals surface area (Å²) >= 11 is 0. The fraction of sp³-hybridized carbons (Fsp3) is 0.429. The second kappa shape index (κ2) is 9.29. The van der Waals surface area contributed by atoms with E-state index in [9.17, 15) is 19.0 Å². The number of alkyl carbamates (subject to hydrolysis) is 1. The SMILES string of the molecule is CCNC(=O)[C@H](C)NP(=O)(O)CNC(=O)OCc1ccccc1. The van der Waals surface area contributed by atoms with Crippen LogP contribution in [-0.2, 0) is 20.7 Å². The largest absolute Gasteiger partial charge is 0.445 e. The number of carbonyl (C=O) groups excluding carboxylic acids is 2. The van der Waals surface area contributed by atoms with E-state index in [0.29, 0.717) is 6.54 Å². The molecule has 0 radical (unpaired) electrons. The first-order valence-corrected chi connectivity index (χ1v) is 9.00. The molecule has 1 unspecified atom stereocenters. The molecule has 0 fully saturated rings. The highest BCUT2D eigenvalue weighted by molar-refractivity contribution is 7.55. The van der Waals surface area contributed by atoms with E-state index in [1.165, 1.54) is 6.92 Å². The zero-order chi connectivity index (χ0) is 17.3. The second-order valence-electron chi connectivity index (χ2n) is 4.84. The van der Waals surface area contributed by atoms with E-state index in [1.54, 1.807) is 19.1 Å². The Hall–Kier alpha value is -1.89. The number of nitrogens with one attached hydrogen (secondary N) is 3. The van der Waals surface area contributed by atoms with Gasteiger partial charge in [-0.25, -0.2) is 9.88 Å². The number of rotatable bonds is 8. The van der Waals surface area contributed by atoms with E-state index in [2.05, 4.69) is 15.7 Å². The van der Waals surface area contributed by atoms with Crippen LogP contribution in [0.4, 0.5) is 4.79 Å². The summed E-state index contributed by atoms with van der Waals surface area (Å²) in [6, 6.07) is 8.19. The van der Waals surface area contributed by atoms with Crippen molar-refractivity contribution in [2.75, 3.05) is 12.8 Å². The minimum Gasteiger partial charge on any atom is -0.445 e. The molecule has 2 amide bonds. The summed E-state index contributed by atoms with van der Waals surface area (Å²) in [5.41, 5.74) is 0.804. The van der Waals surface area contributed by atoms with E-state index in [-0.39, 0.29) is 6.61 Å². The molecule has 9 heteroatoms. The van der Waals surface area contributed by atoms with E-state index >= 15 is 0 Å². The first-order valence-electron chi connectivity index (χ1n) is 7.16. The van der Waals surface area contributed by atoms with E-state index < -0.39 is 31.8 Å². The molecule has 1 rings (SSSR count). The van der Waals surface area contributed by atoms with Crippen LogP contribution in [0.1, 0.15) is 19.4 Å². The third kappa shape index (κ3) is 7.78. The van der Waals surface area contributed by atoms with Gasteiger partial charge in [-0.15, -0.1) is 0 Å². The maximum Gasteiger partial charge on any atom is 0.407 e. The van der Waals surface area contributed by atoms with Gasteiger partial charge in [-0.2, -0.15) is 0 Å². The molecule has 0 aromatic heterocycles. The summed E-state index contributed by atoms with van der Waals surface area (Å²) in [4.78, 5) is 32.7. The van der Waals surface area contributed by atoms with Crippen LogP contribution in [0.15, 0.2) is 30.3 Å². The average molecular weight is 343 g/mol. The number of carbonyl (C=O) groups is 2. The van der Waals surface area contributed by atoms with Crippen LogP contribution < -0.4 is 15.7 Å². The molecular formula is C14H22N3O5P. The lowest BCUT2D eigenvalue weighted by Crippen LogP contribution is -2.42. The maximum absolute atomic E-state index is 11.9. The van der Waals surface area contributed by atoms with Crippen molar-refractivity contribution in [3.63, 3.8) is 0 Å². The lowest BCUT2D eigenvalue weighted by molar-refractivity contribution is -0.122. The highest BCUT2D eigenvalue weighted by atomic mass is 31.2. The minimum absolute atomic E-state index is 0.0607. The van der Waals surface area contributed by atoms with Gasteiger partial charge in [-0.1, -0.05) is 30.3 Å². The highest BCUT2D eigenvalue weighted by Gasteiger charge is 2.25. The quantitative estimate of drug-likeness (QED) is 0.527. The summed E-state index contributed by atoms with van der Waals surface area (Å²) in [5, 5.41) is 7.03. The lowest BCUT2D eigenvalue weighted by Gasteiger charge is -2.18. The Morgan fingerprint density at radius 1 is 1.26 bits per heavy atom. The Morgan fingerprint density at radius 3 is 2.52 bits per heavy atom. The Bertz CT molecular complexity index is 567. The van der Waals surface area contributed by atoms with Crippen molar-refractivity contribution in [1.82, 2.24) is 15.7 Å². The van der Waals surface area contributed by atoms with Crippen molar-refractivity contribution in [2.45, 2.75) is 26.5 Å². The molecule has 0 saturated heterocycles. The standard InChI is InChI=1S/C14H22N3O5P/c1-3-15-13(18)11(2)17-23(20,21)10-16-14(19)22-9-12-7-5-4-6-8-12/h4-8,11H,3,9-10H2,1-2H3,(H,15,18)(H,16,19)(H2,17,20,21)/t11-/m0/s1. The normalized spacial score (nSPS) is 14.4. The zero-order valence-electron chi connectivity index (χ0n) is 13.1. The number of ether oxygens (including phenoxy) is 1. The number of hydrogen-bond acceptors (Lipinski definition) is 4. The van der Waals surface area contributed by atoms with Crippen molar-refractivity contribution < 1.29 is 23.8 Å².